The zero-order chi connectivity index (χ0) is 20.2. The van der Waals surface area contributed by atoms with Crippen LogP contribution in [0, 0.1) is 0 Å². The first-order valence-corrected chi connectivity index (χ1v) is 9.76. The van der Waals surface area contributed by atoms with Crippen molar-refractivity contribution in [3.63, 3.8) is 0 Å². The number of fused-ring (bicyclic) bond motifs is 1. The maximum absolute atomic E-state index is 12.5. The highest BCUT2D eigenvalue weighted by Gasteiger charge is 2.27. The molecule has 0 aliphatic carbocycles. The van der Waals surface area contributed by atoms with E-state index in [4.69, 9.17) is 23.4 Å². The van der Waals surface area contributed by atoms with Crippen LogP contribution < -0.4 is 18.9 Å². The normalized spacial score (nSPS) is 15.0. The second-order valence-electron chi connectivity index (χ2n) is 6.05. The molecule has 150 valence electrons. The van der Waals surface area contributed by atoms with Crippen molar-refractivity contribution in [3.8, 4) is 23.0 Å². The summed E-state index contributed by atoms with van der Waals surface area (Å²) in [6.07, 6.45) is -0.492. The van der Waals surface area contributed by atoms with Crippen molar-refractivity contribution in [2.75, 3.05) is 26.6 Å². The number of thioether (sulfide) groups is 1. The molecule has 1 aliphatic rings. The highest BCUT2D eigenvalue weighted by Crippen LogP contribution is 2.36. The molecule has 1 aliphatic heterocycles. The van der Waals surface area contributed by atoms with Crippen molar-refractivity contribution in [2.45, 2.75) is 11.3 Å². The number of aromatic nitrogens is 2. The zero-order valence-electron chi connectivity index (χ0n) is 15.8. The van der Waals surface area contributed by atoms with Crippen molar-refractivity contribution in [1.29, 1.82) is 0 Å². The molecule has 2 heterocycles. The third-order valence-electron chi connectivity index (χ3n) is 4.24. The Hall–Kier alpha value is -3.20. The van der Waals surface area contributed by atoms with Crippen molar-refractivity contribution < 1.29 is 28.2 Å². The summed E-state index contributed by atoms with van der Waals surface area (Å²) in [6, 6.07) is 12.4. The van der Waals surface area contributed by atoms with Crippen molar-refractivity contribution in [2.24, 2.45) is 0 Å². The lowest BCUT2D eigenvalue weighted by Gasteiger charge is -2.23. The number of nitrogens with zero attached hydrogens (tertiary/aromatic N) is 2. The van der Waals surface area contributed by atoms with E-state index in [2.05, 4.69) is 10.2 Å². The van der Waals surface area contributed by atoms with Gasteiger partial charge in [0, 0.05) is 5.56 Å². The van der Waals surface area contributed by atoms with Crippen molar-refractivity contribution in [1.82, 2.24) is 10.2 Å². The molecule has 0 saturated carbocycles. The SMILES string of the molecule is COc1ccc(C(=O)CSc2nnc([C@@H]3COc4ccccc4O3)o2)cc1OC. The molecule has 0 bridgehead atoms. The molecular weight excluding hydrogens is 396 g/mol. The van der Waals surface area contributed by atoms with E-state index >= 15 is 0 Å². The van der Waals surface area contributed by atoms with Crippen molar-refractivity contribution in [3.05, 3.63) is 53.9 Å². The second-order valence-corrected chi connectivity index (χ2v) is 6.98. The number of para-hydroxylation sites is 2. The molecule has 0 N–H and O–H groups in total. The van der Waals surface area contributed by atoms with Crippen LogP contribution in [0.3, 0.4) is 0 Å². The number of Topliss-reactive ketones (excluding diaryl/α,β-unsaturated/α-hetero) is 1. The second kappa shape index (κ2) is 8.44. The zero-order valence-corrected chi connectivity index (χ0v) is 16.6. The first-order chi connectivity index (χ1) is 14.2. The molecule has 0 radical (unpaired) electrons. The molecule has 0 amide bonds. The minimum absolute atomic E-state index is 0.0955. The average molecular weight is 414 g/mol. The quantitative estimate of drug-likeness (QED) is 0.425. The van der Waals surface area contributed by atoms with Gasteiger partial charge in [0.05, 0.1) is 20.0 Å². The van der Waals surface area contributed by atoms with E-state index < -0.39 is 6.10 Å². The monoisotopic (exact) mass is 414 g/mol. The lowest BCUT2D eigenvalue weighted by molar-refractivity contribution is 0.0686. The molecular formula is C20H18N2O6S. The predicted molar refractivity (Wildman–Crippen MR) is 104 cm³/mol. The maximum Gasteiger partial charge on any atom is 0.277 e. The van der Waals surface area contributed by atoms with Crippen LogP contribution in [-0.2, 0) is 0 Å². The van der Waals surface area contributed by atoms with Gasteiger partial charge >= 0.3 is 0 Å². The molecule has 1 aromatic heterocycles. The molecule has 3 aromatic rings. The van der Waals surface area contributed by atoms with Gasteiger partial charge in [-0.05, 0) is 30.3 Å². The van der Waals surface area contributed by atoms with Gasteiger partial charge in [0.1, 0.15) is 6.61 Å². The molecule has 4 rings (SSSR count). The largest absolute Gasteiger partial charge is 0.493 e. The number of rotatable bonds is 7. The van der Waals surface area contributed by atoms with E-state index in [1.54, 1.807) is 25.3 Å². The van der Waals surface area contributed by atoms with E-state index in [0.717, 1.165) is 11.8 Å². The number of hydrogen-bond acceptors (Lipinski definition) is 9. The van der Waals surface area contributed by atoms with Crippen LogP contribution in [0.4, 0.5) is 0 Å². The fourth-order valence-electron chi connectivity index (χ4n) is 2.77. The Morgan fingerprint density at radius 2 is 1.90 bits per heavy atom. The summed E-state index contributed by atoms with van der Waals surface area (Å²) in [7, 11) is 3.07. The van der Waals surface area contributed by atoms with Gasteiger partial charge in [-0.25, -0.2) is 0 Å². The Kier molecular flexibility index (Phi) is 5.57. The summed E-state index contributed by atoms with van der Waals surface area (Å²) in [4.78, 5) is 12.5. The van der Waals surface area contributed by atoms with Gasteiger partial charge in [-0.1, -0.05) is 23.9 Å². The molecule has 1 atom stereocenters. The van der Waals surface area contributed by atoms with E-state index in [-0.39, 0.29) is 23.4 Å². The molecule has 29 heavy (non-hydrogen) atoms. The molecule has 8 nitrogen and oxygen atoms in total. The standard InChI is InChI=1S/C20H18N2O6S/c1-24-14-8-7-12(9-17(14)25-2)13(23)11-29-20-22-21-19(28-20)18-10-26-15-5-3-4-6-16(15)27-18/h3-9,18H,10-11H2,1-2H3/t18-/m0/s1. The van der Waals surface area contributed by atoms with E-state index in [1.807, 2.05) is 24.3 Å². The Morgan fingerprint density at radius 1 is 1.10 bits per heavy atom. The Labute approximate surface area is 171 Å². The van der Waals surface area contributed by atoms with Gasteiger partial charge in [0.25, 0.3) is 11.1 Å². The summed E-state index contributed by atoms with van der Waals surface area (Å²) >= 11 is 1.16. The summed E-state index contributed by atoms with van der Waals surface area (Å²) in [5.74, 6) is 2.72. The van der Waals surface area contributed by atoms with E-state index in [0.29, 0.717) is 34.5 Å². The van der Waals surface area contributed by atoms with E-state index in [9.17, 15) is 4.79 Å². The first-order valence-electron chi connectivity index (χ1n) is 8.78. The van der Waals surface area contributed by atoms with Crippen LogP contribution >= 0.6 is 11.8 Å². The Balaban J connectivity index is 1.38. The van der Waals surface area contributed by atoms with Crippen LogP contribution in [0.15, 0.2) is 52.1 Å². The number of ether oxygens (including phenoxy) is 4. The molecule has 9 heteroatoms. The fourth-order valence-corrected chi connectivity index (χ4v) is 3.43. The molecule has 0 spiro atoms. The minimum Gasteiger partial charge on any atom is -0.493 e. The first kappa shape index (κ1) is 19.1. The number of benzene rings is 2. The molecule has 0 unspecified atom stereocenters. The summed E-state index contributed by atoms with van der Waals surface area (Å²) in [5, 5.41) is 8.30. The highest BCUT2D eigenvalue weighted by atomic mass is 32.2. The molecule has 0 saturated heterocycles. The Bertz CT molecular complexity index is 1020. The van der Waals surface area contributed by atoms with Crippen LogP contribution in [-0.4, -0.2) is 42.6 Å². The van der Waals surface area contributed by atoms with Gasteiger partial charge in [0.15, 0.2) is 28.8 Å². The third-order valence-corrected chi connectivity index (χ3v) is 5.06. The summed E-state index contributed by atoms with van der Waals surface area (Å²) < 4.78 is 27.6. The average Bonchev–Trinajstić information content (AvgIpc) is 3.25. The smallest absolute Gasteiger partial charge is 0.277 e. The summed E-state index contributed by atoms with van der Waals surface area (Å²) in [6.45, 7) is 0.272. The van der Waals surface area contributed by atoms with Gasteiger partial charge in [-0.2, -0.15) is 0 Å². The van der Waals surface area contributed by atoms with Gasteiger partial charge < -0.3 is 23.4 Å². The fraction of sp³-hybridized carbons (Fsp3) is 0.250. The minimum atomic E-state index is -0.492. The van der Waals surface area contributed by atoms with Crippen LogP contribution in [0.1, 0.15) is 22.4 Å². The van der Waals surface area contributed by atoms with Crippen LogP contribution in [0.5, 0.6) is 23.0 Å². The van der Waals surface area contributed by atoms with Crippen LogP contribution in [0.2, 0.25) is 0 Å². The lowest BCUT2D eigenvalue weighted by atomic mass is 10.1. The van der Waals surface area contributed by atoms with Gasteiger partial charge in [-0.3, -0.25) is 4.79 Å². The third kappa shape index (κ3) is 4.14. The van der Waals surface area contributed by atoms with Crippen LogP contribution in [0.25, 0.3) is 0 Å². The maximum atomic E-state index is 12.5. The van der Waals surface area contributed by atoms with E-state index in [1.165, 1.54) is 7.11 Å². The molecule has 2 aromatic carbocycles. The van der Waals surface area contributed by atoms with Crippen molar-refractivity contribution >= 4 is 17.5 Å². The van der Waals surface area contributed by atoms with Gasteiger partial charge in [0.2, 0.25) is 6.10 Å². The topological polar surface area (TPSA) is 92.9 Å². The number of carbonyl (C=O) groups is 1. The highest BCUT2D eigenvalue weighted by molar-refractivity contribution is 7.99. The molecule has 0 fully saturated rings. The number of ketones is 1. The predicted octanol–water partition coefficient (Wildman–Crippen LogP) is 3.57. The number of methoxy groups -OCH3 is 2. The number of hydrogen-bond donors (Lipinski definition) is 0. The summed E-state index contributed by atoms with van der Waals surface area (Å²) in [5.41, 5.74) is 0.510. The number of carbonyl (C=O) groups excluding carboxylic acids is 1. The van der Waals surface area contributed by atoms with Gasteiger partial charge in [-0.15, -0.1) is 10.2 Å². The lowest BCUT2D eigenvalue weighted by Crippen LogP contribution is -2.21. The Morgan fingerprint density at radius 3 is 2.69 bits per heavy atom.